The Labute approximate surface area is 127 Å². The topological polar surface area (TPSA) is 24.4 Å². The van der Waals surface area contributed by atoms with Crippen molar-refractivity contribution in [2.45, 2.75) is 12.4 Å². The van der Waals surface area contributed by atoms with E-state index >= 15 is 0 Å². The molecule has 0 aliphatic rings. The van der Waals surface area contributed by atoms with Gasteiger partial charge in [0.05, 0.1) is 23.0 Å². The predicted molar refractivity (Wildman–Crippen MR) is 74.1 cm³/mol. The molecule has 2 nitrogen and oxygen atoms in total. The minimum Gasteiger partial charge on any atom is -0.278 e. The molecule has 2 aromatic carbocycles. The molecule has 0 heterocycles. The number of nitrogens with zero attached hydrogens (tertiary/aromatic N) is 1. The molecule has 0 aliphatic carbocycles. The van der Waals surface area contributed by atoms with Crippen LogP contribution in [0.4, 0.5) is 32.0 Å². The molecule has 0 saturated heterocycles. The van der Waals surface area contributed by atoms with Gasteiger partial charge < -0.3 is 0 Å². The van der Waals surface area contributed by atoms with E-state index in [-0.39, 0.29) is 5.69 Å². The quantitative estimate of drug-likeness (QED) is 0.468. The molecule has 122 valence electrons. The van der Waals surface area contributed by atoms with Gasteiger partial charge in [-0.3, -0.25) is 5.43 Å². The van der Waals surface area contributed by atoms with E-state index in [1.807, 2.05) is 0 Å². The van der Waals surface area contributed by atoms with Gasteiger partial charge in [-0.25, -0.2) is 0 Å². The van der Waals surface area contributed by atoms with Crippen molar-refractivity contribution in [1.29, 1.82) is 0 Å². The third kappa shape index (κ3) is 4.48. The van der Waals surface area contributed by atoms with Crippen LogP contribution in [0.2, 0.25) is 0 Å². The van der Waals surface area contributed by atoms with E-state index in [9.17, 15) is 26.3 Å². The van der Waals surface area contributed by atoms with E-state index in [1.165, 1.54) is 30.3 Å². The second-order valence-electron chi connectivity index (χ2n) is 4.53. The third-order valence-corrected chi connectivity index (χ3v) is 2.87. The first-order valence-electron chi connectivity index (χ1n) is 6.30. The third-order valence-electron chi connectivity index (χ3n) is 2.87. The van der Waals surface area contributed by atoms with Crippen LogP contribution in [0.1, 0.15) is 16.7 Å². The summed E-state index contributed by atoms with van der Waals surface area (Å²) in [5, 5.41) is 3.62. The summed E-state index contributed by atoms with van der Waals surface area (Å²) in [6, 6.07) is 8.82. The van der Waals surface area contributed by atoms with Gasteiger partial charge in [-0.15, -0.1) is 0 Å². The molecule has 2 aromatic rings. The summed E-state index contributed by atoms with van der Waals surface area (Å²) in [5.74, 6) is 0. The van der Waals surface area contributed by atoms with Gasteiger partial charge in [-0.05, 0) is 29.8 Å². The molecule has 23 heavy (non-hydrogen) atoms. The zero-order valence-electron chi connectivity index (χ0n) is 11.4. The number of hydrogen-bond acceptors (Lipinski definition) is 2. The van der Waals surface area contributed by atoms with Crippen LogP contribution in [0.5, 0.6) is 0 Å². The van der Waals surface area contributed by atoms with Crippen molar-refractivity contribution in [3.8, 4) is 0 Å². The summed E-state index contributed by atoms with van der Waals surface area (Å²) in [6.07, 6.45) is -7.85. The van der Waals surface area contributed by atoms with Gasteiger partial charge in [-0.2, -0.15) is 31.4 Å². The molecule has 0 fully saturated rings. The van der Waals surface area contributed by atoms with Gasteiger partial charge in [0.2, 0.25) is 0 Å². The van der Waals surface area contributed by atoms with Crippen molar-refractivity contribution < 1.29 is 26.3 Å². The lowest BCUT2D eigenvalue weighted by atomic mass is 10.1. The zero-order valence-corrected chi connectivity index (χ0v) is 11.4. The predicted octanol–water partition coefficient (Wildman–Crippen LogP) is 5.17. The smallest absolute Gasteiger partial charge is 0.278 e. The van der Waals surface area contributed by atoms with E-state index in [0.29, 0.717) is 5.56 Å². The molecule has 0 atom stereocenters. The fourth-order valence-corrected chi connectivity index (χ4v) is 1.76. The van der Waals surface area contributed by atoms with Crippen molar-refractivity contribution in [3.05, 3.63) is 65.2 Å². The highest BCUT2D eigenvalue weighted by molar-refractivity contribution is 5.80. The Morgan fingerprint density at radius 3 is 1.96 bits per heavy atom. The number of anilines is 1. The van der Waals surface area contributed by atoms with Crippen LogP contribution in [-0.2, 0) is 12.4 Å². The van der Waals surface area contributed by atoms with E-state index < -0.39 is 23.5 Å². The van der Waals surface area contributed by atoms with Crippen LogP contribution in [-0.4, -0.2) is 6.21 Å². The van der Waals surface area contributed by atoms with Crippen LogP contribution in [0.3, 0.4) is 0 Å². The van der Waals surface area contributed by atoms with Gasteiger partial charge in [0, 0.05) is 0 Å². The number of hydrogen-bond donors (Lipinski definition) is 1. The minimum atomic E-state index is -4.53. The fraction of sp³-hybridized carbons (Fsp3) is 0.133. The van der Waals surface area contributed by atoms with Gasteiger partial charge in [0.15, 0.2) is 0 Å². The maximum absolute atomic E-state index is 12.8. The maximum atomic E-state index is 12.8. The number of benzene rings is 2. The number of alkyl halides is 6. The van der Waals surface area contributed by atoms with Crippen molar-refractivity contribution in [3.63, 3.8) is 0 Å². The van der Waals surface area contributed by atoms with E-state index in [0.717, 1.165) is 24.4 Å². The second-order valence-corrected chi connectivity index (χ2v) is 4.53. The molecule has 2 rings (SSSR count). The summed E-state index contributed by atoms with van der Waals surface area (Å²) in [4.78, 5) is 0. The Bertz CT molecular complexity index is 686. The number of para-hydroxylation sites is 1. The highest BCUT2D eigenvalue weighted by atomic mass is 19.4. The lowest BCUT2D eigenvalue weighted by Crippen LogP contribution is -2.08. The molecule has 0 aliphatic heterocycles. The standard InChI is InChI=1S/C15H10F6N2/c16-14(17,18)11-7-5-10(6-8-11)9-22-23-13-4-2-1-3-12(13)15(19,20)21/h1-9,23H/b22-9-. The highest BCUT2D eigenvalue weighted by Crippen LogP contribution is 2.34. The van der Waals surface area contributed by atoms with Crippen molar-refractivity contribution in [2.75, 3.05) is 5.43 Å². The van der Waals surface area contributed by atoms with Crippen molar-refractivity contribution >= 4 is 11.9 Å². The molecular formula is C15H10F6N2. The number of nitrogens with one attached hydrogen (secondary N) is 1. The SMILES string of the molecule is FC(F)(F)c1ccc(/C=N\Nc2ccccc2C(F)(F)F)cc1. The Balaban J connectivity index is 2.11. The molecule has 0 spiro atoms. The molecule has 0 saturated carbocycles. The first-order valence-corrected chi connectivity index (χ1v) is 6.30. The van der Waals surface area contributed by atoms with Crippen molar-refractivity contribution in [2.24, 2.45) is 5.10 Å². The van der Waals surface area contributed by atoms with Crippen LogP contribution in [0.25, 0.3) is 0 Å². The Morgan fingerprint density at radius 2 is 1.39 bits per heavy atom. The van der Waals surface area contributed by atoms with Crippen LogP contribution in [0.15, 0.2) is 53.6 Å². The van der Waals surface area contributed by atoms with E-state index in [1.54, 1.807) is 0 Å². The number of rotatable bonds is 3. The molecule has 0 unspecified atom stereocenters. The molecule has 8 heteroatoms. The summed E-state index contributed by atoms with van der Waals surface area (Å²) in [7, 11) is 0. The van der Waals surface area contributed by atoms with Crippen molar-refractivity contribution in [1.82, 2.24) is 0 Å². The van der Waals surface area contributed by atoms with E-state index in [2.05, 4.69) is 10.5 Å². The Kier molecular flexibility index (Phi) is 4.63. The lowest BCUT2D eigenvalue weighted by Gasteiger charge is -2.11. The average molecular weight is 332 g/mol. The van der Waals surface area contributed by atoms with Crippen LogP contribution in [0, 0.1) is 0 Å². The van der Waals surface area contributed by atoms with Gasteiger partial charge >= 0.3 is 12.4 Å². The summed E-state index contributed by atoms with van der Waals surface area (Å²) >= 11 is 0. The average Bonchev–Trinajstić information content (AvgIpc) is 2.46. The second kappa shape index (κ2) is 6.31. The van der Waals surface area contributed by atoms with Gasteiger partial charge in [0.25, 0.3) is 0 Å². The fourth-order valence-electron chi connectivity index (χ4n) is 1.76. The number of halogens is 6. The molecular weight excluding hydrogens is 322 g/mol. The number of hydrazone groups is 1. The monoisotopic (exact) mass is 332 g/mol. The van der Waals surface area contributed by atoms with Crippen LogP contribution < -0.4 is 5.43 Å². The summed E-state index contributed by atoms with van der Waals surface area (Å²) < 4.78 is 75.5. The Hall–Kier alpha value is -2.51. The molecule has 0 aromatic heterocycles. The minimum absolute atomic E-state index is 0.247. The molecule has 0 radical (unpaired) electrons. The highest BCUT2D eigenvalue weighted by Gasteiger charge is 2.33. The largest absolute Gasteiger partial charge is 0.418 e. The first-order chi connectivity index (χ1) is 10.7. The molecule has 1 N–H and O–H groups in total. The summed E-state index contributed by atoms with van der Waals surface area (Å²) in [5.41, 5.74) is 0.609. The zero-order chi connectivity index (χ0) is 17.1. The summed E-state index contributed by atoms with van der Waals surface area (Å²) in [6.45, 7) is 0. The van der Waals surface area contributed by atoms with Gasteiger partial charge in [-0.1, -0.05) is 24.3 Å². The normalized spacial score (nSPS) is 12.6. The molecule has 0 bridgehead atoms. The lowest BCUT2D eigenvalue weighted by molar-refractivity contribution is -0.138. The van der Waals surface area contributed by atoms with Crippen LogP contribution >= 0.6 is 0 Å². The maximum Gasteiger partial charge on any atom is 0.418 e. The first kappa shape index (κ1) is 16.9. The Morgan fingerprint density at radius 1 is 0.783 bits per heavy atom. The van der Waals surface area contributed by atoms with E-state index in [4.69, 9.17) is 0 Å². The molecule has 0 amide bonds. The van der Waals surface area contributed by atoms with Gasteiger partial charge in [0.1, 0.15) is 0 Å².